The van der Waals surface area contributed by atoms with Gasteiger partial charge in [0, 0.05) is 6.54 Å². The quantitative estimate of drug-likeness (QED) is 0.932. The highest BCUT2D eigenvalue weighted by Crippen LogP contribution is 2.31. The number of rotatable bonds is 4. The topological polar surface area (TPSA) is 40.5 Å². The van der Waals surface area contributed by atoms with Gasteiger partial charge in [-0.1, -0.05) is 36.4 Å². The van der Waals surface area contributed by atoms with Gasteiger partial charge in [-0.25, -0.2) is 4.39 Å². The summed E-state index contributed by atoms with van der Waals surface area (Å²) >= 11 is 0. The van der Waals surface area contributed by atoms with Crippen molar-refractivity contribution in [3.05, 3.63) is 71.0 Å². The fourth-order valence-electron chi connectivity index (χ4n) is 3.33. The molecule has 1 amide bonds. The minimum Gasteiger partial charge on any atom is -0.392 e. The van der Waals surface area contributed by atoms with Gasteiger partial charge in [-0.05, 0) is 48.1 Å². The van der Waals surface area contributed by atoms with Crippen molar-refractivity contribution in [3.63, 3.8) is 0 Å². The SMILES string of the molecule is O=C(Cc1ccc(CO)cc1)N1CCCCC1c1cccc(F)c1. The number of halogens is 1. The number of hydrogen-bond acceptors (Lipinski definition) is 2. The van der Waals surface area contributed by atoms with Crippen LogP contribution < -0.4 is 0 Å². The average Bonchev–Trinajstić information content (AvgIpc) is 2.62. The van der Waals surface area contributed by atoms with Gasteiger partial charge in [0.15, 0.2) is 0 Å². The number of piperidine rings is 1. The maximum Gasteiger partial charge on any atom is 0.227 e. The standard InChI is InChI=1S/C20H22FNO2/c21-18-5-3-4-17(13-18)19-6-1-2-11-22(19)20(24)12-15-7-9-16(14-23)10-8-15/h3-5,7-10,13,19,23H,1-2,6,11-12,14H2. The zero-order valence-electron chi connectivity index (χ0n) is 13.6. The summed E-state index contributed by atoms with van der Waals surface area (Å²) in [6, 6.07) is 14.0. The number of carbonyl (C=O) groups is 1. The van der Waals surface area contributed by atoms with Crippen LogP contribution in [0.2, 0.25) is 0 Å². The summed E-state index contributed by atoms with van der Waals surface area (Å²) in [4.78, 5) is 14.7. The molecule has 1 saturated heterocycles. The second kappa shape index (κ2) is 7.58. The lowest BCUT2D eigenvalue weighted by atomic mass is 9.94. The highest BCUT2D eigenvalue weighted by Gasteiger charge is 2.28. The van der Waals surface area contributed by atoms with Gasteiger partial charge in [-0.3, -0.25) is 4.79 Å². The van der Waals surface area contributed by atoms with Crippen LogP contribution in [0.5, 0.6) is 0 Å². The van der Waals surface area contributed by atoms with E-state index in [4.69, 9.17) is 5.11 Å². The van der Waals surface area contributed by atoms with Crippen LogP contribution in [0.4, 0.5) is 4.39 Å². The Kier molecular flexibility index (Phi) is 5.26. The van der Waals surface area contributed by atoms with Crippen molar-refractivity contribution in [3.8, 4) is 0 Å². The molecule has 3 nitrogen and oxygen atoms in total. The molecule has 126 valence electrons. The highest BCUT2D eigenvalue weighted by molar-refractivity contribution is 5.79. The molecule has 0 radical (unpaired) electrons. The van der Waals surface area contributed by atoms with Gasteiger partial charge in [0.25, 0.3) is 0 Å². The van der Waals surface area contributed by atoms with Crippen LogP contribution in [-0.2, 0) is 17.8 Å². The summed E-state index contributed by atoms with van der Waals surface area (Å²) < 4.78 is 13.5. The maximum atomic E-state index is 13.5. The van der Waals surface area contributed by atoms with Crippen molar-refractivity contribution in [2.45, 2.75) is 38.3 Å². The Labute approximate surface area is 141 Å². The third kappa shape index (κ3) is 3.82. The van der Waals surface area contributed by atoms with Crippen molar-refractivity contribution in [2.24, 2.45) is 0 Å². The first kappa shape index (κ1) is 16.7. The molecule has 1 aliphatic heterocycles. The number of benzene rings is 2. The van der Waals surface area contributed by atoms with Gasteiger partial charge in [0.1, 0.15) is 5.82 Å². The molecular formula is C20H22FNO2. The van der Waals surface area contributed by atoms with Crippen molar-refractivity contribution in [2.75, 3.05) is 6.54 Å². The lowest BCUT2D eigenvalue weighted by molar-refractivity contribution is -0.134. The first-order chi connectivity index (χ1) is 11.7. The molecule has 24 heavy (non-hydrogen) atoms. The molecule has 0 aliphatic carbocycles. The van der Waals surface area contributed by atoms with Gasteiger partial charge < -0.3 is 10.0 Å². The molecule has 3 rings (SSSR count). The minimum atomic E-state index is -0.259. The number of aliphatic hydroxyl groups is 1. The number of aliphatic hydroxyl groups excluding tert-OH is 1. The summed E-state index contributed by atoms with van der Waals surface area (Å²) in [6.45, 7) is 0.719. The van der Waals surface area contributed by atoms with E-state index in [9.17, 15) is 9.18 Å². The monoisotopic (exact) mass is 327 g/mol. The Morgan fingerprint density at radius 1 is 1.12 bits per heavy atom. The third-order valence-electron chi connectivity index (χ3n) is 4.62. The van der Waals surface area contributed by atoms with Gasteiger partial charge in [-0.15, -0.1) is 0 Å². The summed E-state index contributed by atoms with van der Waals surface area (Å²) in [5.41, 5.74) is 2.64. The predicted octanol–water partition coefficient (Wildman–Crippen LogP) is 3.61. The van der Waals surface area contributed by atoms with Crippen LogP contribution in [0.1, 0.15) is 42.0 Å². The number of hydrogen-bond donors (Lipinski definition) is 1. The Morgan fingerprint density at radius 2 is 1.88 bits per heavy atom. The molecule has 1 atom stereocenters. The molecule has 4 heteroatoms. The molecule has 0 aromatic heterocycles. The summed E-state index contributed by atoms with van der Waals surface area (Å²) in [5, 5.41) is 9.09. The van der Waals surface area contributed by atoms with Crippen molar-refractivity contribution in [1.82, 2.24) is 4.90 Å². The van der Waals surface area contributed by atoms with E-state index in [1.807, 2.05) is 35.2 Å². The molecule has 1 fully saturated rings. The highest BCUT2D eigenvalue weighted by atomic mass is 19.1. The Bertz CT molecular complexity index is 699. The van der Waals surface area contributed by atoms with E-state index >= 15 is 0 Å². The lowest BCUT2D eigenvalue weighted by Crippen LogP contribution is -2.39. The van der Waals surface area contributed by atoms with E-state index in [-0.39, 0.29) is 24.4 Å². The maximum absolute atomic E-state index is 13.5. The zero-order valence-corrected chi connectivity index (χ0v) is 13.6. The van der Waals surface area contributed by atoms with Crippen LogP contribution in [0.25, 0.3) is 0 Å². The summed E-state index contributed by atoms with van der Waals surface area (Å²) in [5.74, 6) is -0.189. The first-order valence-electron chi connectivity index (χ1n) is 8.41. The summed E-state index contributed by atoms with van der Waals surface area (Å²) in [6.07, 6.45) is 3.24. The van der Waals surface area contributed by atoms with Crippen molar-refractivity contribution >= 4 is 5.91 Å². The van der Waals surface area contributed by atoms with Gasteiger partial charge in [0.05, 0.1) is 19.1 Å². The van der Waals surface area contributed by atoms with E-state index in [0.717, 1.165) is 42.5 Å². The van der Waals surface area contributed by atoms with Crippen LogP contribution in [-0.4, -0.2) is 22.5 Å². The average molecular weight is 327 g/mol. The Morgan fingerprint density at radius 3 is 2.58 bits per heavy atom. The number of amides is 1. The van der Waals surface area contributed by atoms with Crippen molar-refractivity contribution in [1.29, 1.82) is 0 Å². The Balaban J connectivity index is 1.75. The fraction of sp³-hybridized carbons (Fsp3) is 0.350. The second-order valence-corrected chi connectivity index (χ2v) is 6.31. The van der Waals surface area contributed by atoms with E-state index in [0.29, 0.717) is 6.42 Å². The van der Waals surface area contributed by atoms with Crippen LogP contribution in [0.3, 0.4) is 0 Å². The molecule has 0 spiro atoms. The van der Waals surface area contributed by atoms with Crippen molar-refractivity contribution < 1.29 is 14.3 Å². The molecule has 0 bridgehead atoms. The van der Waals surface area contributed by atoms with E-state index in [1.54, 1.807) is 6.07 Å². The lowest BCUT2D eigenvalue weighted by Gasteiger charge is -2.36. The number of likely N-dealkylation sites (tertiary alicyclic amines) is 1. The number of carbonyl (C=O) groups excluding carboxylic acids is 1. The molecular weight excluding hydrogens is 305 g/mol. The first-order valence-corrected chi connectivity index (χ1v) is 8.41. The predicted molar refractivity (Wildman–Crippen MR) is 90.8 cm³/mol. The smallest absolute Gasteiger partial charge is 0.227 e. The zero-order chi connectivity index (χ0) is 16.9. The summed E-state index contributed by atoms with van der Waals surface area (Å²) in [7, 11) is 0. The minimum absolute atomic E-state index is 0.00198. The van der Waals surface area contributed by atoms with E-state index in [2.05, 4.69) is 0 Å². The fourth-order valence-corrected chi connectivity index (χ4v) is 3.33. The number of nitrogens with zero attached hydrogens (tertiary/aromatic N) is 1. The van der Waals surface area contributed by atoms with Crippen LogP contribution in [0.15, 0.2) is 48.5 Å². The van der Waals surface area contributed by atoms with Crippen LogP contribution >= 0.6 is 0 Å². The molecule has 2 aromatic carbocycles. The van der Waals surface area contributed by atoms with Crippen LogP contribution in [0, 0.1) is 5.82 Å². The largest absolute Gasteiger partial charge is 0.392 e. The van der Waals surface area contributed by atoms with E-state index in [1.165, 1.54) is 12.1 Å². The third-order valence-corrected chi connectivity index (χ3v) is 4.62. The van der Waals surface area contributed by atoms with Gasteiger partial charge >= 0.3 is 0 Å². The molecule has 1 unspecified atom stereocenters. The van der Waals surface area contributed by atoms with Gasteiger partial charge in [-0.2, -0.15) is 0 Å². The molecule has 0 saturated carbocycles. The molecule has 1 N–H and O–H groups in total. The normalized spacial score (nSPS) is 17.8. The second-order valence-electron chi connectivity index (χ2n) is 6.31. The molecule has 1 heterocycles. The van der Waals surface area contributed by atoms with E-state index < -0.39 is 0 Å². The Hall–Kier alpha value is -2.20. The molecule has 2 aromatic rings. The van der Waals surface area contributed by atoms with Gasteiger partial charge in [0.2, 0.25) is 5.91 Å². The molecule has 1 aliphatic rings.